The van der Waals surface area contributed by atoms with E-state index in [-0.39, 0.29) is 0 Å². The van der Waals surface area contributed by atoms with E-state index in [1.54, 1.807) is 14.2 Å². The molecule has 0 aromatic heterocycles. The van der Waals surface area contributed by atoms with Crippen molar-refractivity contribution in [2.75, 3.05) is 41.4 Å². The van der Waals surface area contributed by atoms with Gasteiger partial charge in [0.15, 0.2) is 17.5 Å². The normalized spacial score (nSPS) is 13.0. The van der Waals surface area contributed by atoms with Crippen LogP contribution < -0.4 is 20.1 Å². The van der Waals surface area contributed by atoms with Gasteiger partial charge in [0.2, 0.25) is 0 Å². The molecule has 2 N–H and O–H groups in total. The molecule has 1 aromatic rings. The molecule has 1 rings (SSSR count). The van der Waals surface area contributed by atoms with Crippen molar-refractivity contribution in [1.29, 1.82) is 0 Å². The number of ether oxygens (including phenoxy) is 2. The van der Waals surface area contributed by atoms with Crippen LogP contribution in [0.4, 0.5) is 0 Å². The Morgan fingerprint density at radius 2 is 1.81 bits per heavy atom. The van der Waals surface area contributed by atoms with Crippen LogP contribution in [0.5, 0.6) is 11.5 Å². The fraction of sp³-hybridized carbons (Fsp3) is 0.650. The molecule has 0 heterocycles. The van der Waals surface area contributed by atoms with Gasteiger partial charge in [-0.1, -0.05) is 19.9 Å². The smallest absolute Gasteiger partial charge is 0.191 e. The molecule has 0 amide bonds. The minimum Gasteiger partial charge on any atom is -0.493 e. The van der Waals surface area contributed by atoms with E-state index in [2.05, 4.69) is 50.4 Å². The highest BCUT2D eigenvalue weighted by atomic mass is 16.5. The Labute approximate surface area is 159 Å². The quantitative estimate of drug-likeness (QED) is 0.494. The summed E-state index contributed by atoms with van der Waals surface area (Å²) < 4.78 is 10.6. The van der Waals surface area contributed by atoms with Crippen LogP contribution in [0.3, 0.4) is 0 Å². The number of benzene rings is 1. The molecule has 0 saturated heterocycles. The van der Waals surface area contributed by atoms with Gasteiger partial charge in [-0.3, -0.25) is 0 Å². The molecule has 0 saturated carbocycles. The minimum absolute atomic E-state index is 0.472. The predicted molar refractivity (Wildman–Crippen MR) is 109 cm³/mol. The first-order valence-electron chi connectivity index (χ1n) is 9.30. The summed E-state index contributed by atoms with van der Waals surface area (Å²) in [7, 11) is 7.54. The van der Waals surface area contributed by atoms with Gasteiger partial charge < -0.3 is 25.0 Å². The molecular weight excluding hydrogens is 328 g/mol. The largest absolute Gasteiger partial charge is 0.493 e. The summed E-state index contributed by atoms with van der Waals surface area (Å²) in [5.74, 6) is 2.95. The van der Waals surface area contributed by atoms with E-state index in [0.29, 0.717) is 18.5 Å². The van der Waals surface area contributed by atoms with Crippen LogP contribution in [0.1, 0.15) is 32.8 Å². The minimum atomic E-state index is 0.472. The standard InChI is InChI=1S/C20H36N4O2/c1-8-21-20(23-14-17(24(4)5)11-15(2)3)22-13-16-9-10-18(25-6)19(12-16)26-7/h9-10,12,15,17H,8,11,13-14H2,1-7H3,(H2,21,22,23). The maximum atomic E-state index is 5.36. The van der Waals surface area contributed by atoms with Crippen LogP contribution in [-0.2, 0) is 6.54 Å². The summed E-state index contributed by atoms with van der Waals surface area (Å²) in [4.78, 5) is 6.97. The summed E-state index contributed by atoms with van der Waals surface area (Å²) >= 11 is 0. The molecule has 6 heteroatoms. The molecule has 6 nitrogen and oxygen atoms in total. The van der Waals surface area contributed by atoms with Gasteiger partial charge in [-0.25, -0.2) is 4.99 Å². The average Bonchev–Trinajstić information content (AvgIpc) is 2.61. The number of rotatable bonds is 10. The third-order valence-electron chi connectivity index (χ3n) is 4.19. The summed E-state index contributed by atoms with van der Waals surface area (Å²) in [6, 6.07) is 6.36. The first kappa shape index (κ1) is 22.1. The number of nitrogens with one attached hydrogen (secondary N) is 2. The van der Waals surface area contributed by atoms with Crippen molar-refractivity contribution in [2.24, 2.45) is 10.9 Å². The molecule has 26 heavy (non-hydrogen) atoms. The third kappa shape index (κ3) is 7.52. The fourth-order valence-electron chi connectivity index (χ4n) is 2.73. The van der Waals surface area contributed by atoms with Gasteiger partial charge in [-0.15, -0.1) is 0 Å². The van der Waals surface area contributed by atoms with Gasteiger partial charge in [-0.2, -0.15) is 0 Å². The second-order valence-corrected chi connectivity index (χ2v) is 7.01. The van der Waals surface area contributed by atoms with Crippen LogP contribution >= 0.6 is 0 Å². The van der Waals surface area contributed by atoms with E-state index in [0.717, 1.165) is 42.5 Å². The molecule has 1 unspecified atom stereocenters. The molecule has 0 aliphatic carbocycles. The lowest BCUT2D eigenvalue weighted by Gasteiger charge is -2.27. The van der Waals surface area contributed by atoms with Gasteiger partial charge in [0.1, 0.15) is 0 Å². The fourth-order valence-corrected chi connectivity index (χ4v) is 2.73. The zero-order chi connectivity index (χ0) is 19.5. The monoisotopic (exact) mass is 364 g/mol. The van der Waals surface area contributed by atoms with Crippen molar-refractivity contribution in [1.82, 2.24) is 15.5 Å². The maximum Gasteiger partial charge on any atom is 0.191 e. The lowest BCUT2D eigenvalue weighted by molar-refractivity contribution is 0.254. The van der Waals surface area contributed by atoms with Crippen molar-refractivity contribution >= 4 is 5.96 Å². The number of likely N-dealkylation sites (N-methyl/N-ethyl adjacent to an activating group) is 1. The molecule has 0 bridgehead atoms. The Hall–Kier alpha value is -1.95. The van der Waals surface area contributed by atoms with E-state index < -0.39 is 0 Å². The number of aliphatic imine (C=N–C) groups is 1. The molecule has 0 fully saturated rings. The van der Waals surface area contributed by atoms with Crippen molar-refractivity contribution in [3.05, 3.63) is 23.8 Å². The number of methoxy groups -OCH3 is 2. The van der Waals surface area contributed by atoms with Crippen LogP contribution in [-0.4, -0.2) is 58.3 Å². The Kier molecular flexibility index (Phi) is 9.88. The van der Waals surface area contributed by atoms with Crippen molar-refractivity contribution in [2.45, 2.75) is 39.8 Å². The van der Waals surface area contributed by atoms with Crippen molar-refractivity contribution < 1.29 is 9.47 Å². The number of hydrogen-bond acceptors (Lipinski definition) is 4. The summed E-state index contributed by atoms with van der Waals surface area (Å²) in [6.45, 7) is 8.86. The second kappa shape index (κ2) is 11.6. The van der Waals surface area contributed by atoms with E-state index >= 15 is 0 Å². The Balaban J connectivity index is 2.76. The van der Waals surface area contributed by atoms with Gasteiger partial charge in [-0.05, 0) is 51.1 Å². The van der Waals surface area contributed by atoms with E-state index in [4.69, 9.17) is 14.5 Å². The number of nitrogens with zero attached hydrogens (tertiary/aromatic N) is 2. The van der Waals surface area contributed by atoms with Crippen molar-refractivity contribution in [3.8, 4) is 11.5 Å². The second-order valence-electron chi connectivity index (χ2n) is 7.01. The first-order valence-corrected chi connectivity index (χ1v) is 9.30. The Morgan fingerprint density at radius 3 is 2.35 bits per heavy atom. The maximum absolute atomic E-state index is 5.36. The number of hydrogen-bond donors (Lipinski definition) is 2. The number of guanidine groups is 1. The molecule has 1 atom stereocenters. The van der Waals surface area contributed by atoms with Gasteiger partial charge in [0.25, 0.3) is 0 Å². The highest BCUT2D eigenvalue weighted by Crippen LogP contribution is 2.27. The molecule has 0 radical (unpaired) electrons. The topological polar surface area (TPSA) is 58.1 Å². The first-order chi connectivity index (χ1) is 12.4. The molecule has 1 aromatic carbocycles. The highest BCUT2D eigenvalue weighted by molar-refractivity contribution is 5.79. The SMILES string of the molecule is CCNC(=NCc1ccc(OC)c(OC)c1)NCC(CC(C)C)N(C)C. The Bertz CT molecular complexity index is 559. The highest BCUT2D eigenvalue weighted by Gasteiger charge is 2.14. The van der Waals surface area contributed by atoms with Gasteiger partial charge >= 0.3 is 0 Å². The van der Waals surface area contributed by atoms with E-state index in [1.807, 2.05) is 18.2 Å². The van der Waals surface area contributed by atoms with Crippen LogP contribution in [0, 0.1) is 5.92 Å². The Morgan fingerprint density at radius 1 is 1.12 bits per heavy atom. The summed E-state index contributed by atoms with van der Waals surface area (Å²) in [6.07, 6.45) is 1.15. The summed E-state index contributed by atoms with van der Waals surface area (Å²) in [5, 5.41) is 6.79. The third-order valence-corrected chi connectivity index (χ3v) is 4.19. The van der Waals surface area contributed by atoms with Gasteiger partial charge in [0, 0.05) is 19.1 Å². The van der Waals surface area contributed by atoms with Crippen molar-refractivity contribution in [3.63, 3.8) is 0 Å². The summed E-state index contributed by atoms with van der Waals surface area (Å²) in [5.41, 5.74) is 1.08. The molecule has 0 aliphatic heterocycles. The molecular formula is C20H36N4O2. The van der Waals surface area contributed by atoms with Crippen LogP contribution in [0.2, 0.25) is 0 Å². The van der Waals surface area contributed by atoms with E-state index in [1.165, 1.54) is 0 Å². The zero-order valence-electron chi connectivity index (χ0n) is 17.4. The lowest BCUT2D eigenvalue weighted by Crippen LogP contribution is -2.45. The molecule has 0 aliphatic rings. The predicted octanol–water partition coefficient (Wildman–Crippen LogP) is 2.74. The zero-order valence-corrected chi connectivity index (χ0v) is 17.4. The van der Waals surface area contributed by atoms with Crippen LogP contribution in [0.25, 0.3) is 0 Å². The van der Waals surface area contributed by atoms with E-state index in [9.17, 15) is 0 Å². The lowest BCUT2D eigenvalue weighted by atomic mass is 10.0. The molecule has 148 valence electrons. The van der Waals surface area contributed by atoms with Gasteiger partial charge in [0.05, 0.1) is 20.8 Å². The molecule has 0 spiro atoms. The van der Waals surface area contributed by atoms with Crippen LogP contribution in [0.15, 0.2) is 23.2 Å². The average molecular weight is 365 g/mol.